The van der Waals surface area contributed by atoms with Crippen LogP contribution in [0.15, 0.2) is 30.8 Å². The van der Waals surface area contributed by atoms with Crippen LogP contribution in [0.2, 0.25) is 0 Å². The zero-order valence-corrected chi connectivity index (χ0v) is 20.4. The topological polar surface area (TPSA) is 114 Å². The van der Waals surface area contributed by atoms with Gasteiger partial charge in [0.1, 0.15) is 24.2 Å². The summed E-state index contributed by atoms with van der Waals surface area (Å²) in [7, 11) is 1.22. The smallest absolute Gasteiger partial charge is 0.408 e. The molecule has 0 aliphatic rings. The number of carbonyl (C=O) groups excluding carboxylic acids is 4. The van der Waals surface area contributed by atoms with Gasteiger partial charge in [0.2, 0.25) is 11.8 Å². The number of hydrogen-bond donors (Lipinski definition) is 2. The van der Waals surface area contributed by atoms with Gasteiger partial charge >= 0.3 is 12.1 Å². The third-order valence-electron chi connectivity index (χ3n) is 4.54. The molecule has 182 valence electrons. The zero-order valence-electron chi connectivity index (χ0n) is 20.4. The standard InChI is InChI=1S/C24H35N3O6/c1-9-17-11-10-12-18(13-17)20(21(29)25-14-19(28)32-8)27(15(2)3)22(30)16(4)26-23(31)33-24(5,6)7/h9-13,15-16,20H,1,14H2,2-8H3,(H,25,29)(H,26,31). The van der Waals surface area contributed by atoms with Crippen molar-refractivity contribution in [3.63, 3.8) is 0 Å². The molecule has 0 radical (unpaired) electrons. The molecule has 2 N–H and O–H groups in total. The van der Waals surface area contributed by atoms with E-state index in [4.69, 9.17) is 4.74 Å². The van der Waals surface area contributed by atoms with E-state index in [0.717, 1.165) is 5.56 Å². The number of alkyl carbamates (subject to hydrolysis) is 1. The van der Waals surface area contributed by atoms with Gasteiger partial charge in [-0.05, 0) is 58.7 Å². The van der Waals surface area contributed by atoms with Crippen molar-refractivity contribution < 1.29 is 28.7 Å². The first-order valence-corrected chi connectivity index (χ1v) is 10.7. The molecule has 0 aliphatic carbocycles. The van der Waals surface area contributed by atoms with Crippen LogP contribution in [-0.2, 0) is 23.9 Å². The van der Waals surface area contributed by atoms with Crippen LogP contribution in [0.25, 0.3) is 6.08 Å². The molecule has 3 amide bonds. The van der Waals surface area contributed by atoms with Crippen molar-refractivity contribution in [2.45, 2.75) is 65.3 Å². The number of carbonyl (C=O) groups is 4. The first-order chi connectivity index (χ1) is 15.3. The van der Waals surface area contributed by atoms with E-state index < -0.39 is 47.6 Å². The van der Waals surface area contributed by atoms with Crippen LogP contribution in [0.1, 0.15) is 58.7 Å². The minimum atomic E-state index is -1.06. The fraction of sp³-hybridized carbons (Fsp3) is 0.500. The average Bonchev–Trinajstić information content (AvgIpc) is 2.73. The number of esters is 1. The van der Waals surface area contributed by atoms with E-state index in [2.05, 4.69) is 21.9 Å². The quantitative estimate of drug-likeness (QED) is 0.547. The second-order valence-corrected chi connectivity index (χ2v) is 8.78. The van der Waals surface area contributed by atoms with E-state index in [0.29, 0.717) is 5.56 Å². The highest BCUT2D eigenvalue weighted by Crippen LogP contribution is 2.26. The largest absolute Gasteiger partial charge is 0.468 e. The van der Waals surface area contributed by atoms with E-state index >= 15 is 0 Å². The first-order valence-electron chi connectivity index (χ1n) is 10.7. The van der Waals surface area contributed by atoms with Gasteiger partial charge in [0.15, 0.2) is 0 Å². The second kappa shape index (κ2) is 12.0. The SMILES string of the molecule is C=Cc1cccc(C(C(=O)NCC(=O)OC)N(C(=O)C(C)NC(=O)OC(C)(C)C)C(C)C)c1. The number of ether oxygens (including phenoxy) is 2. The molecule has 1 aromatic carbocycles. The van der Waals surface area contributed by atoms with Crippen molar-refractivity contribution >= 4 is 30.0 Å². The molecule has 2 atom stereocenters. The minimum absolute atomic E-state index is 0.348. The number of hydrogen-bond acceptors (Lipinski definition) is 6. The fourth-order valence-corrected chi connectivity index (χ4v) is 3.07. The van der Waals surface area contributed by atoms with Crippen LogP contribution in [0.4, 0.5) is 4.79 Å². The molecule has 0 saturated heterocycles. The molecule has 0 fully saturated rings. The van der Waals surface area contributed by atoms with Crippen LogP contribution >= 0.6 is 0 Å². The highest BCUT2D eigenvalue weighted by Gasteiger charge is 2.36. The molecule has 0 bridgehead atoms. The number of nitrogens with zero attached hydrogens (tertiary/aromatic N) is 1. The zero-order chi connectivity index (χ0) is 25.3. The average molecular weight is 462 g/mol. The van der Waals surface area contributed by atoms with Gasteiger partial charge in [-0.2, -0.15) is 0 Å². The van der Waals surface area contributed by atoms with Crippen molar-refractivity contribution in [1.29, 1.82) is 0 Å². The molecule has 1 aromatic rings. The molecule has 1 rings (SSSR count). The number of methoxy groups -OCH3 is 1. The summed E-state index contributed by atoms with van der Waals surface area (Å²) in [6.07, 6.45) is 0.883. The molecule has 0 aliphatic heterocycles. The van der Waals surface area contributed by atoms with Gasteiger partial charge in [0.05, 0.1) is 7.11 Å². The maximum absolute atomic E-state index is 13.4. The van der Waals surface area contributed by atoms with Gasteiger partial charge in [0.25, 0.3) is 0 Å². The van der Waals surface area contributed by atoms with Gasteiger partial charge < -0.3 is 25.0 Å². The van der Waals surface area contributed by atoms with Gasteiger partial charge in [0, 0.05) is 6.04 Å². The van der Waals surface area contributed by atoms with Gasteiger partial charge in [-0.3, -0.25) is 14.4 Å². The maximum Gasteiger partial charge on any atom is 0.408 e. The summed E-state index contributed by atoms with van der Waals surface area (Å²) >= 11 is 0. The number of benzene rings is 1. The van der Waals surface area contributed by atoms with Crippen molar-refractivity contribution in [1.82, 2.24) is 15.5 Å². The maximum atomic E-state index is 13.4. The van der Waals surface area contributed by atoms with Crippen LogP contribution in [0.5, 0.6) is 0 Å². The highest BCUT2D eigenvalue weighted by atomic mass is 16.6. The van der Waals surface area contributed by atoms with Crippen LogP contribution in [-0.4, -0.2) is 60.1 Å². The Kier molecular flexibility index (Phi) is 10.1. The summed E-state index contributed by atoms with van der Waals surface area (Å²) < 4.78 is 9.83. The second-order valence-electron chi connectivity index (χ2n) is 8.78. The van der Waals surface area contributed by atoms with Crippen LogP contribution in [0, 0.1) is 0 Å². The van der Waals surface area contributed by atoms with Gasteiger partial charge in [-0.1, -0.05) is 30.9 Å². The van der Waals surface area contributed by atoms with Crippen molar-refractivity contribution in [3.05, 3.63) is 42.0 Å². The summed E-state index contributed by atoms with van der Waals surface area (Å²) in [5.41, 5.74) is 0.557. The van der Waals surface area contributed by atoms with Crippen molar-refractivity contribution in [2.24, 2.45) is 0 Å². The van der Waals surface area contributed by atoms with E-state index in [-0.39, 0.29) is 6.54 Å². The molecular formula is C24H35N3O6. The summed E-state index contributed by atoms with van der Waals surface area (Å²) in [6, 6.07) is 4.56. The number of nitrogens with one attached hydrogen (secondary N) is 2. The Morgan fingerprint density at radius 2 is 1.79 bits per heavy atom. The minimum Gasteiger partial charge on any atom is -0.468 e. The normalized spacial score (nSPS) is 12.8. The summed E-state index contributed by atoms with van der Waals surface area (Å²) in [4.78, 5) is 51.7. The molecular weight excluding hydrogens is 426 g/mol. The third kappa shape index (κ3) is 8.59. The van der Waals surface area contributed by atoms with Crippen molar-refractivity contribution in [2.75, 3.05) is 13.7 Å². The molecule has 9 nitrogen and oxygen atoms in total. The van der Waals surface area contributed by atoms with Gasteiger partial charge in [-0.15, -0.1) is 0 Å². The lowest BCUT2D eigenvalue weighted by Gasteiger charge is -2.36. The van der Waals surface area contributed by atoms with E-state index in [1.54, 1.807) is 58.9 Å². The van der Waals surface area contributed by atoms with Crippen LogP contribution < -0.4 is 10.6 Å². The monoisotopic (exact) mass is 461 g/mol. The Morgan fingerprint density at radius 3 is 2.30 bits per heavy atom. The number of rotatable bonds is 9. The lowest BCUT2D eigenvalue weighted by atomic mass is 9.99. The fourth-order valence-electron chi connectivity index (χ4n) is 3.07. The Morgan fingerprint density at radius 1 is 1.15 bits per heavy atom. The molecule has 9 heteroatoms. The number of amides is 3. The molecule has 0 heterocycles. The summed E-state index contributed by atoms with van der Waals surface area (Å²) in [5, 5.41) is 5.05. The van der Waals surface area contributed by atoms with E-state index in [9.17, 15) is 19.2 Å². The van der Waals surface area contributed by atoms with E-state index in [1.807, 2.05) is 6.07 Å². The molecule has 2 unspecified atom stereocenters. The van der Waals surface area contributed by atoms with Crippen molar-refractivity contribution in [3.8, 4) is 0 Å². The third-order valence-corrected chi connectivity index (χ3v) is 4.54. The molecule has 33 heavy (non-hydrogen) atoms. The highest BCUT2D eigenvalue weighted by molar-refractivity contribution is 5.93. The molecule has 0 saturated carbocycles. The van der Waals surface area contributed by atoms with Crippen LogP contribution in [0.3, 0.4) is 0 Å². The Labute approximate surface area is 195 Å². The van der Waals surface area contributed by atoms with E-state index in [1.165, 1.54) is 18.9 Å². The Balaban J connectivity index is 3.32. The molecule has 0 aromatic heterocycles. The first kappa shape index (κ1) is 27.7. The lowest BCUT2D eigenvalue weighted by molar-refractivity contribution is -0.146. The predicted molar refractivity (Wildman–Crippen MR) is 125 cm³/mol. The summed E-state index contributed by atoms with van der Waals surface area (Å²) in [5.74, 6) is -1.67. The lowest BCUT2D eigenvalue weighted by Crippen LogP contribution is -2.54. The van der Waals surface area contributed by atoms with Gasteiger partial charge in [-0.25, -0.2) is 4.79 Å². The molecule has 0 spiro atoms. The Bertz CT molecular complexity index is 875. The predicted octanol–water partition coefficient (Wildman–Crippen LogP) is 2.81. The Hall–Kier alpha value is -3.36. The summed E-state index contributed by atoms with van der Waals surface area (Å²) in [6.45, 7) is 13.6.